The van der Waals surface area contributed by atoms with E-state index in [-0.39, 0.29) is 11.8 Å². The van der Waals surface area contributed by atoms with Crippen LogP contribution in [0.15, 0.2) is 18.2 Å². The van der Waals surface area contributed by atoms with Crippen LogP contribution in [0.5, 0.6) is 5.75 Å². The third-order valence-corrected chi connectivity index (χ3v) is 1.51. The van der Waals surface area contributed by atoms with Crippen LogP contribution in [-0.4, -0.2) is 19.1 Å². The number of aldehydes is 1. The van der Waals surface area contributed by atoms with Gasteiger partial charge in [-0.2, -0.15) is 13.2 Å². The monoisotopic (exact) mass is 222 g/mol. The van der Waals surface area contributed by atoms with Crippen LogP contribution >= 0.6 is 0 Å². The molecule has 0 aliphatic heterocycles. The number of benzene rings is 1. The number of hydrogen-bond donors (Lipinski definition) is 0. The molecule has 0 radical (unpaired) electrons. The van der Waals surface area contributed by atoms with Gasteiger partial charge in [0.25, 0.3) is 0 Å². The van der Waals surface area contributed by atoms with E-state index in [4.69, 9.17) is 0 Å². The van der Waals surface area contributed by atoms with E-state index in [0.29, 0.717) is 0 Å². The standard InChI is InChI=1S/C9H6F4O2/c10-8-6(4-14)2-1-3-7(8)15-5-9(11,12)13/h1-4H,5H2. The van der Waals surface area contributed by atoms with Crippen LogP contribution in [0.25, 0.3) is 0 Å². The maximum atomic E-state index is 13.1. The summed E-state index contributed by atoms with van der Waals surface area (Å²) in [6.07, 6.45) is -4.33. The fraction of sp³-hybridized carbons (Fsp3) is 0.222. The predicted molar refractivity (Wildman–Crippen MR) is 43.3 cm³/mol. The van der Waals surface area contributed by atoms with Crippen LogP contribution in [0.4, 0.5) is 17.6 Å². The van der Waals surface area contributed by atoms with Crippen molar-refractivity contribution in [2.45, 2.75) is 6.18 Å². The molecule has 0 aromatic heterocycles. The van der Waals surface area contributed by atoms with E-state index < -0.39 is 24.3 Å². The zero-order valence-corrected chi connectivity index (χ0v) is 7.34. The van der Waals surface area contributed by atoms with Crippen LogP contribution < -0.4 is 4.74 Å². The van der Waals surface area contributed by atoms with Crippen molar-refractivity contribution in [3.63, 3.8) is 0 Å². The van der Waals surface area contributed by atoms with Crippen molar-refractivity contribution in [3.8, 4) is 5.75 Å². The molecule has 0 heterocycles. The Kier molecular flexibility index (Phi) is 3.28. The molecule has 6 heteroatoms. The molecular formula is C9H6F4O2. The Morgan fingerprint density at radius 2 is 2.00 bits per heavy atom. The molecule has 0 saturated heterocycles. The number of halogens is 4. The van der Waals surface area contributed by atoms with E-state index in [0.717, 1.165) is 12.1 Å². The third kappa shape index (κ3) is 3.23. The molecule has 0 unspecified atom stereocenters. The molecule has 0 fully saturated rings. The molecule has 1 rings (SSSR count). The van der Waals surface area contributed by atoms with Gasteiger partial charge in [0.2, 0.25) is 0 Å². The summed E-state index contributed by atoms with van der Waals surface area (Å²) in [6, 6.07) is 3.40. The second kappa shape index (κ2) is 4.29. The van der Waals surface area contributed by atoms with Crippen molar-refractivity contribution in [1.29, 1.82) is 0 Å². The molecule has 1 aromatic rings. The summed E-state index contributed by atoms with van der Waals surface area (Å²) < 4.78 is 52.5. The third-order valence-electron chi connectivity index (χ3n) is 1.51. The summed E-state index contributed by atoms with van der Waals surface area (Å²) in [6.45, 7) is -1.59. The van der Waals surface area contributed by atoms with Gasteiger partial charge in [-0.05, 0) is 12.1 Å². The molecule has 0 atom stereocenters. The zero-order valence-electron chi connectivity index (χ0n) is 7.34. The Hall–Kier alpha value is -1.59. The highest BCUT2D eigenvalue weighted by Gasteiger charge is 2.29. The molecular weight excluding hydrogens is 216 g/mol. The molecule has 0 aliphatic rings. The molecule has 0 N–H and O–H groups in total. The highest BCUT2D eigenvalue weighted by atomic mass is 19.4. The Morgan fingerprint density at radius 3 is 2.53 bits per heavy atom. The van der Waals surface area contributed by atoms with E-state index in [1.54, 1.807) is 0 Å². The van der Waals surface area contributed by atoms with E-state index >= 15 is 0 Å². The van der Waals surface area contributed by atoms with Crippen LogP contribution in [0.3, 0.4) is 0 Å². The molecule has 0 amide bonds. The van der Waals surface area contributed by atoms with E-state index in [1.165, 1.54) is 6.07 Å². The average molecular weight is 222 g/mol. The van der Waals surface area contributed by atoms with Crippen LogP contribution in [0, 0.1) is 5.82 Å². The lowest BCUT2D eigenvalue weighted by Crippen LogP contribution is -2.19. The number of carbonyl (C=O) groups excluding carboxylic acids is 1. The molecule has 0 bridgehead atoms. The quantitative estimate of drug-likeness (QED) is 0.580. The lowest BCUT2D eigenvalue weighted by Gasteiger charge is -2.10. The van der Waals surface area contributed by atoms with Crippen molar-refractivity contribution < 1.29 is 27.1 Å². The molecule has 82 valence electrons. The fourth-order valence-electron chi connectivity index (χ4n) is 0.890. The maximum absolute atomic E-state index is 13.1. The number of hydrogen-bond acceptors (Lipinski definition) is 2. The first-order chi connectivity index (χ1) is 6.94. The van der Waals surface area contributed by atoms with Gasteiger partial charge in [0.1, 0.15) is 0 Å². The summed E-state index contributed by atoms with van der Waals surface area (Å²) in [4.78, 5) is 10.3. The minimum Gasteiger partial charge on any atom is -0.481 e. The van der Waals surface area contributed by atoms with Crippen LogP contribution in [-0.2, 0) is 0 Å². The summed E-state index contributed by atoms with van der Waals surface area (Å²) in [5.41, 5.74) is -0.338. The highest BCUT2D eigenvalue weighted by Crippen LogP contribution is 2.22. The molecule has 0 spiro atoms. The average Bonchev–Trinajstić information content (AvgIpc) is 2.15. The minimum atomic E-state index is -4.54. The molecule has 2 nitrogen and oxygen atoms in total. The molecule has 15 heavy (non-hydrogen) atoms. The van der Waals surface area contributed by atoms with Gasteiger partial charge in [0, 0.05) is 0 Å². The SMILES string of the molecule is O=Cc1cccc(OCC(F)(F)F)c1F. The maximum Gasteiger partial charge on any atom is 0.422 e. The molecule has 1 aromatic carbocycles. The van der Waals surface area contributed by atoms with Crippen molar-refractivity contribution in [2.24, 2.45) is 0 Å². The van der Waals surface area contributed by atoms with Gasteiger partial charge in [-0.25, -0.2) is 4.39 Å². The van der Waals surface area contributed by atoms with Gasteiger partial charge in [-0.1, -0.05) is 6.07 Å². The first-order valence-corrected chi connectivity index (χ1v) is 3.87. The number of carbonyl (C=O) groups is 1. The lowest BCUT2D eigenvalue weighted by molar-refractivity contribution is -0.153. The smallest absolute Gasteiger partial charge is 0.422 e. The van der Waals surface area contributed by atoms with Gasteiger partial charge >= 0.3 is 6.18 Å². The Bertz CT molecular complexity index is 360. The minimum absolute atomic E-state index is 0.204. The predicted octanol–water partition coefficient (Wildman–Crippen LogP) is 2.58. The lowest BCUT2D eigenvalue weighted by atomic mass is 10.2. The highest BCUT2D eigenvalue weighted by molar-refractivity contribution is 5.76. The summed E-state index contributed by atoms with van der Waals surface area (Å²) in [5, 5.41) is 0. The Labute approximate surface area is 82.5 Å². The number of alkyl halides is 3. The summed E-state index contributed by atoms with van der Waals surface area (Å²) in [5.74, 6) is -1.67. The number of ether oxygens (including phenoxy) is 1. The van der Waals surface area contributed by atoms with Crippen molar-refractivity contribution in [1.82, 2.24) is 0 Å². The van der Waals surface area contributed by atoms with E-state index in [2.05, 4.69) is 4.74 Å². The first-order valence-electron chi connectivity index (χ1n) is 3.87. The summed E-state index contributed by atoms with van der Waals surface area (Å²) >= 11 is 0. The van der Waals surface area contributed by atoms with Gasteiger partial charge in [-0.15, -0.1) is 0 Å². The van der Waals surface area contributed by atoms with Crippen molar-refractivity contribution >= 4 is 6.29 Å². The second-order valence-corrected chi connectivity index (χ2v) is 2.68. The topological polar surface area (TPSA) is 26.3 Å². The molecule has 0 aliphatic carbocycles. The van der Waals surface area contributed by atoms with Gasteiger partial charge in [-0.3, -0.25) is 4.79 Å². The van der Waals surface area contributed by atoms with Crippen molar-refractivity contribution in [3.05, 3.63) is 29.6 Å². The number of rotatable bonds is 3. The fourth-order valence-corrected chi connectivity index (χ4v) is 0.890. The largest absolute Gasteiger partial charge is 0.481 e. The van der Waals surface area contributed by atoms with Crippen LogP contribution in [0.1, 0.15) is 10.4 Å². The van der Waals surface area contributed by atoms with Crippen molar-refractivity contribution in [2.75, 3.05) is 6.61 Å². The zero-order chi connectivity index (χ0) is 11.5. The second-order valence-electron chi connectivity index (χ2n) is 2.68. The van der Waals surface area contributed by atoms with Gasteiger partial charge in [0.15, 0.2) is 24.5 Å². The van der Waals surface area contributed by atoms with Crippen LogP contribution in [0.2, 0.25) is 0 Å². The first kappa shape index (κ1) is 11.5. The summed E-state index contributed by atoms with van der Waals surface area (Å²) in [7, 11) is 0. The van der Waals surface area contributed by atoms with Gasteiger partial charge < -0.3 is 4.74 Å². The van der Waals surface area contributed by atoms with E-state index in [1.807, 2.05) is 0 Å². The Morgan fingerprint density at radius 1 is 1.33 bits per heavy atom. The molecule has 0 saturated carbocycles. The Balaban J connectivity index is 2.82. The normalized spacial score (nSPS) is 11.2. The van der Waals surface area contributed by atoms with E-state index in [9.17, 15) is 22.4 Å². The van der Waals surface area contributed by atoms with Gasteiger partial charge in [0.05, 0.1) is 5.56 Å².